The summed E-state index contributed by atoms with van der Waals surface area (Å²) < 4.78 is 4.38. The molecular formula is C13H22O6. The average Bonchev–Trinajstić information content (AvgIpc) is 2.38. The van der Waals surface area contributed by atoms with Gasteiger partial charge in [0, 0.05) is 6.42 Å². The van der Waals surface area contributed by atoms with Gasteiger partial charge in [0.25, 0.3) is 6.10 Å². The molecule has 0 radical (unpaired) electrons. The minimum atomic E-state index is -1.80. The molecule has 0 aliphatic carbocycles. The first kappa shape index (κ1) is 17.6. The van der Waals surface area contributed by atoms with Gasteiger partial charge in [0.15, 0.2) is 5.78 Å². The van der Waals surface area contributed by atoms with Crippen LogP contribution in [0.4, 0.5) is 0 Å². The van der Waals surface area contributed by atoms with Gasteiger partial charge in [-0.3, -0.25) is 4.79 Å². The van der Waals surface area contributed by atoms with Gasteiger partial charge in [-0.1, -0.05) is 39.0 Å². The van der Waals surface area contributed by atoms with Gasteiger partial charge < -0.3 is 14.9 Å². The Kier molecular flexibility index (Phi) is 9.70. The molecule has 0 heterocycles. The molecule has 1 atom stereocenters. The number of ether oxygens (including phenoxy) is 1. The number of aliphatic hydroxyl groups is 1. The second kappa shape index (κ2) is 10.5. The van der Waals surface area contributed by atoms with E-state index in [1.807, 2.05) is 0 Å². The molecular weight excluding hydrogens is 252 g/mol. The number of hydrogen-bond donors (Lipinski definition) is 2. The quantitative estimate of drug-likeness (QED) is 0.334. The van der Waals surface area contributed by atoms with Crippen molar-refractivity contribution in [2.75, 3.05) is 6.61 Å². The summed E-state index contributed by atoms with van der Waals surface area (Å²) in [5.41, 5.74) is 0. The third-order valence-corrected chi connectivity index (χ3v) is 2.67. The molecule has 0 amide bonds. The molecule has 0 aromatic rings. The maximum Gasteiger partial charge on any atom is 0.352 e. The van der Waals surface area contributed by atoms with E-state index in [0.29, 0.717) is 6.42 Å². The first-order valence-electron chi connectivity index (χ1n) is 6.58. The Bertz CT molecular complexity index is 300. The molecule has 2 N–H and O–H groups in total. The van der Waals surface area contributed by atoms with Crippen LogP contribution in [0.2, 0.25) is 0 Å². The molecule has 0 aliphatic heterocycles. The molecule has 0 saturated carbocycles. The number of Topliss-reactive ketones (excluding diaryl/α,β-unsaturated/α-hetero) is 1. The van der Waals surface area contributed by atoms with Gasteiger partial charge in [0.1, 0.15) is 6.61 Å². The Morgan fingerprint density at radius 1 is 1.05 bits per heavy atom. The molecule has 0 saturated heterocycles. The standard InChI is InChI=1S/C13H22O6/c1-2-3-4-5-6-7-8-10(15)12(13(17)18)19-11(16)9-14/h12,14H,2-9H2,1H3,(H,17,18). The van der Waals surface area contributed by atoms with Gasteiger partial charge in [-0.25, -0.2) is 9.59 Å². The number of carbonyl (C=O) groups excluding carboxylic acids is 2. The van der Waals surface area contributed by atoms with Crippen LogP contribution in [-0.2, 0) is 19.1 Å². The van der Waals surface area contributed by atoms with E-state index < -0.39 is 30.4 Å². The lowest BCUT2D eigenvalue weighted by Crippen LogP contribution is -2.35. The van der Waals surface area contributed by atoms with E-state index in [2.05, 4.69) is 11.7 Å². The van der Waals surface area contributed by atoms with Crippen LogP contribution in [0.5, 0.6) is 0 Å². The van der Waals surface area contributed by atoms with Crippen LogP contribution >= 0.6 is 0 Å². The zero-order valence-corrected chi connectivity index (χ0v) is 11.3. The van der Waals surface area contributed by atoms with Crippen LogP contribution in [0.3, 0.4) is 0 Å². The van der Waals surface area contributed by atoms with Crippen molar-refractivity contribution in [3.8, 4) is 0 Å². The zero-order valence-electron chi connectivity index (χ0n) is 11.3. The summed E-state index contributed by atoms with van der Waals surface area (Å²) in [6.07, 6.45) is 4.12. The smallest absolute Gasteiger partial charge is 0.352 e. The van der Waals surface area contributed by atoms with E-state index in [1.165, 1.54) is 0 Å². The summed E-state index contributed by atoms with van der Waals surface area (Å²) in [5, 5.41) is 17.2. The van der Waals surface area contributed by atoms with E-state index >= 15 is 0 Å². The number of hydrogen-bond acceptors (Lipinski definition) is 5. The number of carboxylic acid groups (broad SMARTS) is 1. The second-order valence-electron chi connectivity index (χ2n) is 4.35. The van der Waals surface area contributed by atoms with E-state index in [0.717, 1.165) is 32.1 Å². The van der Waals surface area contributed by atoms with Crippen LogP contribution in [0.25, 0.3) is 0 Å². The molecule has 0 fully saturated rings. The molecule has 0 bridgehead atoms. The number of rotatable bonds is 11. The van der Waals surface area contributed by atoms with Gasteiger partial charge in [-0.2, -0.15) is 0 Å². The number of unbranched alkanes of at least 4 members (excludes halogenated alkanes) is 5. The van der Waals surface area contributed by atoms with E-state index in [-0.39, 0.29) is 6.42 Å². The lowest BCUT2D eigenvalue weighted by atomic mass is 10.1. The lowest BCUT2D eigenvalue weighted by molar-refractivity contribution is -0.169. The van der Waals surface area contributed by atoms with Crippen LogP contribution < -0.4 is 0 Å². The van der Waals surface area contributed by atoms with Gasteiger partial charge in [0.05, 0.1) is 0 Å². The van der Waals surface area contributed by atoms with Crippen LogP contribution in [-0.4, -0.2) is 40.6 Å². The highest BCUT2D eigenvalue weighted by molar-refractivity contribution is 6.02. The Morgan fingerprint density at radius 2 is 1.63 bits per heavy atom. The monoisotopic (exact) mass is 274 g/mol. The fraction of sp³-hybridized carbons (Fsp3) is 0.769. The maximum atomic E-state index is 11.6. The number of carboxylic acids is 1. The fourth-order valence-electron chi connectivity index (χ4n) is 1.63. The van der Waals surface area contributed by atoms with Crippen molar-refractivity contribution in [2.45, 2.75) is 58.0 Å². The molecule has 6 nitrogen and oxygen atoms in total. The largest absolute Gasteiger partial charge is 0.478 e. The molecule has 0 spiro atoms. The normalized spacial score (nSPS) is 11.9. The second-order valence-corrected chi connectivity index (χ2v) is 4.35. The maximum absolute atomic E-state index is 11.6. The highest BCUT2D eigenvalue weighted by atomic mass is 16.6. The SMILES string of the molecule is CCCCCCCCC(=O)C(OC(=O)CO)C(=O)O. The van der Waals surface area contributed by atoms with Gasteiger partial charge in [0.2, 0.25) is 0 Å². The summed E-state index contributed by atoms with van der Waals surface area (Å²) in [4.78, 5) is 33.2. The Hall–Kier alpha value is -1.43. The average molecular weight is 274 g/mol. The fourth-order valence-corrected chi connectivity index (χ4v) is 1.63. The summed E-state index contributed by atoms with van der Waals surface area (Å²) in [7, 11) is 0. The molecule has 19 heavy (non-hydrogen) atoms. The highest BCUT2D eigenvalue weighted by Crippen LogP contribution is 2.09. The Labute approximate surface area is 112 Å². The summed E-state index contributed by atoms with van der Waals surface area (Å²) in [5.74, 6) is -3.24. The predicted octanol–water partition coefficient (Wildman–Crippen LogP) is 1.29. The molecule has 6 heteroatoms. The lowest BCUT2D eigenvalue weighted by Gasteiger charge is -2.11. The van der Waals surface area contributed by atoms with Crippen molar-refractivity contribution in [2.24, 2.45) is 0 Å². The zero-order chi connectivity index (χ0) is 14.7. The molecule has 1 unspecified atom stereocenters. The van der Waals surface area contributed by atoms with Gasteiger partial charge >= 0.3 is 11.9 Å². The van der Waals surface area contributed by atoms with Crippen molar-refractivity contribution in [3.63, 3.8) is 0 Å². The number of esters is 1. The third-order valence-electron chi connectivity index (χ3n) is 2.67. The van der Waals surface area contributed by atoms with Crippen molar-refractivity contribution in [3.05, 3.63) is 0 Å². The van der Waals surface area contributed by atoms with Gasteiger partial charge in [-0.15, -0.1) is 0 Å². The van der Waals surface area contributed by atoms with E-state index in [9.17, 15) is 14.4 Å². The summed E-state index contributed by atoms with van der Waals surface area (Å²) in [6.45, 7) is 1.17. The van der Waals surface area contributed by atoms with Crippen molar-refractivity contribution in [1.82, 2.24) is 0 Å². The summed E-state index contributed by atoms with van der Waals surface area (Å²) in [6, 6.07) is 0. The summed E-state index contributed by atoms with van der Waals surface area (Å²) >= 11 is 0. The van der Waals surface area contributed by atoms with Gasteiger partial charge in [-0.05, 0) is 6.42 Å². The van der Waals surface area contributed by atoms with E-state index in [1.54, 1.807) is 0 Å². The van der Waals surface area contributed by atoms with Crippen molar-refractivity contribution < 1.29 is 29.3 Å². The molecule has 0 rings (SSSR count). The minimum absolute atomic E-state index is 0.0712. The number of ketones is 1. The van der Waals surface area contributed by atoms with Crippen LogP contribution in [0.15, 0.2) is 0 Å². The minimum Gasteiger partial charge on any atom is -0.478 e. The number of carbonyl (C=O) groups is 3. The van der Waals surface area contributed by atoms with Crippen molar-refractivity contribution in [1.29, 1.82) is 0 Å². The first-order chi connectivity index (χ1) is 9.02. The molecule has 0 aromatic carbocycles. The predicted molar refractivity (Wildman–Crippen MR) is 67.6 cm³/mol. The number of aliphatic hydroxyl groups excluding tert-OH is 1. The first-order valence-corrected chi connectivity index (χ1v) is 6.58. The molecule has 0 aromatic heterocycles. The molecule has 110 valence electrons. The van der Waals surface area contributed by atoms with Crippen molar-refractivity contribution >= 4 is 17.7 Å². The Morgan fingerprint density at radius 3 is 2.16 bits per heavy atom. The third kappa shape index (κ3) is 8.31. The highest BCUT2D eigenvalue weighted by Gasteiger charge is 2.29. The number of aliphatic carboxylic acids is 1. The molecule has 0 aliphatic rings. The van der Waals surface area contributed by atoms with Crippen LogP contribution in [0, 0.1) is 0 Å². The Balaban J connectivity index is 3.99. The topological polar surface area (TPSA) is 101 Å². The van der Waals surface area contributed by atoms with Crippen LogP contribution in [0.1, 0.15) is 51.9 Å². The van der Waals surface area contributed by atoms with E-state index in [4.69, 9.17) is 10.2 Å².